The Hall–Kier alpha value is -5.85. The zero-order chi connectivity index (χ0) is 30.5. The first-order valence-electron chi connectivity index (χ1n) is 14.0. The van der Waals surface area contributed by atoms with Gasteiger partial charge in [-0.05, 0) is 22.9 Å². The largest absolute Gasteiger partial charge is 0.465 e. The minimum atomic E-state index is -1.03. The van der Waals surface area contributed by atoms with Gasteiger partial charge in [-0.2, -0.15) is 4.98 Å². The van der Waals surface area contributed by atoms with Crippen molar-refractivity contribution in [2.75, 3.05) is 26.2 Å². The number of carbonyl (C=O) groups excluding carboxylic acids is 2. The Kier molecular flexibility index (Phi) is 8.08. The second-order valence-corrected chi connectivity index (χ2v) is 10.1. The minimum Gasteiger partial charge on any atom is -0.465 e. The van der Waals surface area contributed by atoms with Crippen LogP contribution in [0.1, 0.15) is 16.1 Å². The third kappa shape index (κ3) is 6.31. The van der Waals surface area contributed by atoms with Gasteiger partial charge in [0.25, 0.3) is 11.8 Å². The molecular formula is C31H28N8O5. The van der Waals surface area contributed by atoms with Gasteiger partial charge in [0.2, 0.25) is 5.91 Å². The zero-order valence-corrected chi connectivity index (χ0v) is 23.5. The van der Waals surface area contributed by atoms with Crippen molar-refractivity contribution in [1.29, 1.82) is 0 Å². The van der Waals surface area contributed by atoms with Crippen molar-refractivity contribution in [3.63, 3.8) is 0 Å². The Labute approximate surface area is 251 Å². The first-order valence-corrected chi connectivity index (χ1v) is 14.0. The molecule has 5 aromatic rings. The SMILES string of the molecule is O=C(N[C@@H](Cc1ccccc1)C(=O)N1CCN(C(=O)O)CC1)c1cc(On2nnc3ccccc32)nc(-c2ccccc2)n1. The number of nitrogens with one attached hydrogen (secondary N) is 1. The lowest BCUT2D eigenvalue weighted by atomic mass is 10.0. The molecule has 222 valence electrons. The summed E-state index contributed by atoms with van der Waals surface area (Å²) in [4.78, 5) is 57.9. The highest BCUT2D eigenvalue weighted by atomic mass is 16.7. The average molecular weight is 593 g/mol. The van der Waals surface area contributed by atoms with E-state index in [0.29, 0.717) is 16.6 Å². The van der Waals surface area contributed by atoms with Crippen LogP contribution in [0, 0.1) is 0 Å². The van der Waals surface area contributed by atoms with Crippen molar-refractivity contribution in [3.8, 4) is 17.3 Å². The molecule has 0 spiro atoms. The van der Waals surface area contributed by atoms with E-state index in [1.165, 1.54) is 15.8 Å². The van der Waals surface area contributed by atoms with Gasteiger partial charge in [-0.3, -0.25) is 9.59 Å². The van der Waals surface area contributed by atoms with Gasteiger partial charge in [0, 0.05) is 44.2 Å². The van der Waals surface area contributed by atoms with Crippen molar-refractivity contribution < 1.29 is 24.3 Å². The Balaban J connectivity index is 1.30. The van der Waals surface area contributed by atoms with Crippen LogP contribution < -0.4 is 10.2 Å². The van der Waals surface area contributed by atoms with Crippen LogP contribution in [-0.2, 0) is 11.2 Å². The molecule has 1 aliphatic heterocycles. The first kappa shape index (κ1) is 28.3. The summed E-state index contributed by atoms with van der Waals surface area (Å²) in [5.41, 5.74) is 2.72. The normalized spacial score (nSPS) is 13.8. The molecule has 0 unspecified atom stereocenters. The van der Waals surface area contributed by atoms with E-state index in [-0.39, 0.29) is 55.9 Å². The number of hydrogen-bond donors (Lipinski definition) is 2. The molecule has 0 aliphatic carbocycles. The molecule has 1 atom stereocenters. The lowest BCUT2D eigenvalue weighted by molar-refractivity contribution is -0.134. The van der Waals surface area contributed by atoms with Crippen LogP contribution in [-0.4, -0.2) is 90.2 Å². The zero-order valence-electron chi connectivity index (χ0n) is 23.5. The number of rotatable bonds is 8. The van der Waals surface area contributed by atoms with E-state index in [1.807, 2.05) is 72.8 Å². The van der Waals surface area contributed by atoms with Gasteiger partial charge >= 0.3 is 6.09 Å². The molecular weight excluding hydrogens is 564 g/mol. The quantitative estimate of drug-likeness (QED) is 0.277. The van der Waals surface area contributed by atoms with Gasteiger partial charge < -0.3 is 25.1 Å². The van der Waals surface area contributed by atoms with E-state index >= 15 is 0 Å². The summed E-state index contributed by atoms with van der Waals surface area (Å²) < 4.78 is 0. The molecule has 2 N–H and O–H groups in total. The van der Waals surface area contributed by atoms with Crippen LogP contribution in [0.4, 0.5) is 4.79 Å². The van der Waals surface area contributed by atoms with Gasteiger partial charge in [-0.25, -0.2) is 9.78 Å². The molecule has 6 rings (SSSR count). The highest BCUT2D eigenvalue weighted by Gasteiger charge is 2.31. The third-order valence-electron chi connectivity index (χ3n) is 7.22. The number of amides is 3. The van der Waals surface area contributed by atoms with Crippen molar-refractivity contribution in [2.45, 2.75) is 12.5 Å². The van der Waals surface area contributed by atoms with Gasteiger partial charge in [0.15, 0.2) is 5.82 Å². The van der Waals surface area contributed by atoms with Crippen LogP contribution >= 0.6 is 0 Å². The predicted octanol–water partition coefficient (Wildman–Crippen LogP) is 2.89. The lowest BCUT2D eigenvalue weighted by Crippen LogP contribution is -2.56. The maximum atomic E-state index is 13.8. The van der Waals surface area contributed by atoms with Crippen molar-refractivity contribution >= 4 is 28.9 Å². The van der Waals surface area contributed by atoms with Crippen LogP contribution in [0.3, 0.4) is 0 Å². The molecule has 3 aromatic carbocycles. The standard InChI is InChI=1S/C31H28N8O5/c40-29(33-25(19-21-9-3-1-4-10-21)30(41)37-15-17-38(18-16-37)31(42)43)24-20-27(34-28(32-24)22-11-5-2-6-12-22)44-39-26-14-8-7-13-23(26)35-36-39/h1-14,20,25H,15-19H2,(H,33,40)(H,42,43)/t25-/m0/s1. The Morgan fingerprint density at radius 1 is 0.841 bits per heavy atom. The number of benzene rings is 3. The first-order chi connectivity index (χ1) is 21.4. The molecule has 3 amide bonds. The lowest BCUT2D eigenvalue weighted by Gasteiger charge is -2.35. The van der Waals surface area contributed by atoms with E-state index in [0.717, 1.165) is 5.56 Å². The second kappa shape index (κ2) is 12.6. The molecule has 13 heteroatoms. The summed E-state index contributed by atoms with van der Waals surface area (Å²) >= 11 is 0. The van der Waals surface area contributed by atoms with Gasteiger partial charge in [-0.15, -0.1) is 5.10 Å². The maximum absolute atomic E-state index is 13.8. The molecule has 0 radical (unpaired) electrons. The van der Waals surface area contributed by atoms with Gasteiger partial charge in [-0.1, -0.05) is 77.6 Å². The van der Waals surface area contributed by atoms with Crippen LogP contribution in [0.15, 0.2) is 91.0 Å². The highest BCUT2D eigenvalue weighted by Crippen LogP contribution is 2.21. The number of nitrogens with zero attached hydrogens (tertiary/aromatic N) is 7. The number of hydrogen-bond acceptors (Lipinski definition) is 8. The highest BCUT2D eigenvalue weighted by molar-refractivity contribution is 5.96. The smallest absolute Gasteiger partial charge is 0.407 e. The topological polar surface area (TPSA) is 156 Å². The summed E-state index contributed by atoms with van der Waals surface area (Å²) in [6, 6.07) is 26.2. The number of piperazine rings is 1. The minimum absolute atomic E-state index is 0.0140. The number of para-hydroxylation sites is 1. The van der Waals surface area contributed by atoms with E-state index in [1.54, 1.807) is 17.0 Å². The van der Waals surface area contributed by atoms with E-state index in [2.05, 4.69) is 25.6 Å². The maximum Gasteiger partial charge on any atom is 0.407 e. The summed E-state index contributed by atoms with van der Waals surface area (Å²) in [6.45, 7) is 0.831. The third-order valence-corrected chi connectivity index (χ3v) is 7.22. The summed E-state index contributed by atoms with van der Waals surface area (Å²) in [5.74, 6) is -0.616. The molecule has 3 heterocycles. The van der Waals surface area contributed by atoms with E-state index < -0.39 is 18.0 Å². The fourth-order valence-electron chi connectivity index (χ4n) is 4.93. The fraction of sp³-hybridized carbons (Fsp3) is 0.194. The molecule has 44 heavy (non-hydrogen) atoms. The molecule has 0 bridgehead atoms. The molecule has 1 saturated heterocycles. The Morgan fingerprint density at radius 2 is 1.50 bits per heavy atom. The molecule has 2 aromatic heterocycles. The molecule has 1 aliphatic rings. The Morgan fingerprint density at radius 3 is 2.23 bits per heavy atom. The molecule has 1 fully saturated rings. The molecule has 0 saturated carbocycles. The van der Waals surface area contributed by atoms with E-state index in [9.17, 15) is 19.5 Å². The van der Waals surface area contributed by atoms with Crippen molar-refractivity contribution in [1.82, 2.24) is 40.2 Å². The molecule has 13 nitrogen and oxygen atoms in total. The van der Waals surface area contributed by atoms with Crippen LogP contribution in [0.5, 0.6) is 5.88 Å². The number of carboxylic acid groups (broad SMARTS) is 1. The summed E-state index contributed by atoms with van der Waals surface area (Å²) in [6.07, 6.45) is -0.795. The number of aromatic nitrogens is 5. The van der Waals surface area contributed by atoms with Gasteiger partial charge in [0.1, 0.15) is 22.8 Å². The fourth-order valence-corrected chi connectivity index (χ4v) is 4.93. The number of fused-ring (bicyclic) bond motifs is 1. The van der Waals surface area contributed by atoms with Crippen LogP contribution in [0.25, 0.3) is 22.4 Å². The monoisotopic (exact) mass is 592 g/mol. The summed E-state index contributed by atoms with van der Waals surface area (Å²) in [5, 5.41) is 20.3. The van der Waals surface area contributed by atoms with Crippen molar-refractivity contribution in [2.24, 2.45) is 0 Å². The predicted molar refractivity (Wildman–Crippen MR) is 159 cm³/mol. The number of carbonyl (C=O) groups is 3. The van der Waals surface area contributed by atoms with E-state index in [4.69, 9.17) is 4.84 Å². The average Bonchev–Trinajstić information content (AvgIpc) is 3.47. The second-order valence-electron chi connectivity index (χ2n) is 10.1. The van der Waals surface area contributed by atoms with Crippen LogP contribution in [0.2, 0.25) is 0 Å². The van der Waals surface area contributed by atoms with Gasteiger partial charge in [0.05, 0.1) is 0 Å². The summed E-state index contributed by atoms with van der Waals surface area (Å²) in [7, 11) is 0. The Bertz CT molecular complexity index is 1790. The van der Waals surface area contributed by atoms with Crippen molar-refractivity contribution in [3.05, 3.63) is 102 Å².